The summed E-state index contributed by atoms with van der Waals surface area (Å²) in [6.45, 7) is 6.40. The molecule has 0 amide bonds. The molecule has 0 aromatic rings. The predicted octanol–water partition coefficient (Wildman–Crippen LogP) is 4.65. The molecule has 0 aromatic carbocycles. The minimum Gasteiger partial charge on any atom is -0.0913 e. The molecule has 0 saturated heterocycles. The Morgan fingerprint density at radius 3 is 2.23 bits per heavy atom. The first-order chi connectivity index (χ1) is 6.35. The number of rotatable bonds is 6. The highest BCUT2D eigenvalue weighted by molar-refractivity contribution is 5.10. The fourth-order valence-electron chi connectivity index (χ4n) is 1.11. The van der Waals surface area contributed by atoms with Gasteiger partial charge in [0.1, 0.15) is 0 Å². The highest BCUT2D eigenvalue weighted by atomic mass is 13.9. The molecule has 0 fully saturated rings. The monoisotopic (exact) mass is 178 g/mol. The van der Waals surface area contributed by atoms with Gasteiger partial charge in [-0.2, -0.15) is 0 Å². The molecule has 0 aromatic heterocycles. The van der Waals surface area contributed by atoms with Gasteiger partial charge in [0.2, 0.25) is 0 Å². The minimum absolute atomic E-state index is 1.10. The Morgan fingerprint density at radius 1 is 1.00 bits per heavy atom. The summed E-state index contributed by atoms with van der Waals surface area (Å²) >= 11 is 0. The smallest absolute Gasteiger partial charge is 0.0136 e. The Hall–Kier alpha value is -0.780. The van der Waals surface area contributed by atoms with Crippen LogP contribution in [0.3, 0.4) is 0 Å². The molecule has 0 rings (SSSR count). The fourth-order valence-corrected chi connectivity index (χ4v) is 1.11. The molecule has 0 heteroatoms. The summed E-state index contributed by atoms with van der Waals surface area (Å²) < 4.78 is 0. The molecule has 13 heavy (non-hydrogen) atoms. The Labute approximate surface area is 83.0 Å². The van der Waals surface area contributed by atoms with E-state index in [0.29, 0.717) is 0 Å². The topological polar surface area (TPSA) is 0 Å². The van der Waals surface area contributed by atoms with Crippen LogP contribution >= 0.6 is 0 Å². The number of unbranched alkanes of at least 4 members (excludes halogenated alkanes) is 1. The summed E-state index contributed by atoms with van der Waals surface area (Å²) in [4.78, 5) is 0. The minimum atomic E-state index is 1.10. The molecule has 0 N–H and O–H groups in total. The van der Waals surface area contributed by atoms with Gasteiger partial charge in [-0.1, -0.05) is 49.3 Å². The average Bonchev–Trinajstić information content (AvgIpc) is 2.17. The lowest BCUT2D eigenvalue weighted by atomic mass is 10.1. The van der Waals surface area contributed by atoms with E-state index in [0.717, 1.165) is 12.8 Å². The van der Waals surface area contributed by atoms with Crippen LogP contribution in [0.1, 0.15) is 46.5 Å². The maximum Gasteiger partial charge on any atom is -0.0136 e. The Balaban J connectivity index is 3.73. The van der Waals surface area contributed by atoms with Crippen LogP contribution in [0, 0.1) is 0 Å². The van der Waals surface area contributed by atoms with E-state index >= 15 is 0 Å². The highest BCUT2D eigenvalue weighted by Gasteiger charge is 1.88. The first kappa shape index (κ1) is 12.2. The number of hydrogen-bond acceptors (Lipinski definition) is 0. The van der Waals surface area contributed by atoms with Gasteiger partial charge in [-0.05, 0) is 33.1 Å². The molecular formula is C13H22. The quantitative estimate of drug-likeness (QED) is 0.519. The molecule has 0 aliphatic heterocycles. The van der Waals surface area contributed by atoms with Crippen molar-refractivity contribution in [3.8, 4) is 0 Å². The van der Waals surface area contributed by atoms with Crippen LogP contribution in [0.4, 0.5) is 0 Å². The van der Waals surface area contributed by atoms with E-state index in [1.54, 1.807) is 0 Å². The van der Waals surface area contributed by atoms with E-state index in [4.69, 9.17) is 0 Å². The van der Waals surface area contributed by atoms with Crippen LogP contribution in [-0.2, 0) is 0 Å². The van der Waals surface area contributed by atoms with E-state index < -0.39 is 0 Å². The van der Waals surface area contributed by atoms with Gasteiger partial charge in [-0.15, -0.1) is 0 Å². The molecule has 0 saturated carbocycles. The van der Waals surface area contributed by atoms with Crippen LogP contribution < -0.4 is 0 Å². The molecule has 0 aliphatic carbocycles. The third kappa shape index (κ3) is 7.58. The number of hydrogen-bond donors (Lipinski definition) is 0. The highest BCUT2D eigenvalue weighted by Crippen LogP contribution is 2.08. The van der Waals surface area contributed by atoms with Crippen molar-refractivity contribution >= 4 is 0 Å². The lowest BCUT2D eigenvalue weighted by Gasteiger charge is -1.98. The molecule has 0 bridgehead atoms. The van der Waals surface area contributed by atoms with E-state index in [1.165, 1.54) is 18.4 Å². The fraction of sp³-hybridized carbons (Fsp3) is 0.538. The van der Waals surface area contributed by atoms with Gasteiger partial charge < -0.3 is 0 Å². The van der Waals surface area contributed by atoms with Crippen LogP contribution in [0.5, 0.6) is 0 Å². The Bertz CT molecular complexity index is 182. The summed E-state index contributed by atoms with van der Waals surface area (Å²) in [7, 11) is 0. The van der Waals surface area contributed by atoms with Crippen molar-refractivity contribution < 1.29 is 0 Å². The summed E-state index contributed by atoms with van der Waals surface area (Å²) in [5.74, 6) is 0. The molecule has 74 valence electrons. The standard InChI is InChI=1S/C13H22/c1-4-7-9-10-12-13(6-3)11-8-5-2/h5-6,8-10H,4,7,11-12H2,1-3H3. The number of allylic oxidation sites excluding steroid dienone is 6. The van der Waals surface area contributed by atoms with Crippen LogP contribution in [0.2, 0.25) is 0 Å². The maximum absolute atomic E-state index is 2.28. The second kappa shape index (κ2) is 9.31. The van der Waals surface area contributed by atoms with Crippen molar-refractivity contribution in [2.75, 3.05) is 0 Å². The second-order valence-corrected chi connectivity index (χ2v) is 3.18. The predicted molar refractivity (Wildman–Crippen MR) is 61.9 cm³/mol. The van der Waals surface area contributed by atoms with Crippen LogP contribution in [-0.4, -0.2) is 0 Å². The summed E-state index contributed by atoms with van der Waals surface area (Å²) in [6.07, 6.45) is 15.8. The van der Waals surface area contributed by atoms with E-state index in [-0.39, 0.29) is 0 Å². The van der Waals surface area contributed by atoms with Crippen molar-refractivity contribution in [2.45, 2.75) is 46.5 Å². The van der Waals surface area contributed by atoms with E-state index in [2.05, 4.69) is 51.2 Å². The van der Waals surface area contributed by atoms with Gasteiger partial charge >= 0.3 is 0 Å². The molecule has 0 radical (unpaired) electrons. The van der Waals surface area contributed by atoms with Gasteiger partial charge in [0.05, 0.1) is 0 Å². The van der Waals surface area contributed by atoms with Crippen molar-refractivity contribution in [3.05, 3.63) is 36.0 Å². The van der Waals surface area contributed by atoms with Crippen molar-refractivity contribution in [2.24, 2.45) is 0 Å². The third-order valence-electron chi connectivity index (χ3n) is 2.03. The second-order valence-electron chi connectivity index (χ2n) is 3.18. The summed E-state index contributed by atoms with van der Waals surface area (Å²) in [5.41, 5.74) is 1.51. The van der Waals surface area contributed by atoms with Gasteiger partial charge in [-0.3, -0.25) is 0 Å². The molecule has 0 atom stereocenters. The van der Waals surface area contributed by atoms with Crippen molar-refractivity contribution in [3.63, 3.8) is 0 Å². The Kier molecular flexibility index (Phi) is 8.75. The van der Waals surface area contributed by atoms with Gasteiger partial charge in [0.25, 0.3) is 0 Å². The van der Waals surface area contributed by atoms with Crippen molar-refractivity contribution in [1.29, 1.82) is 0 Å². The molecule has 0 aliphatic rings. The van der Waals surface area contributed by atoms with E-state index in [9.17, 15) is 0 Å². The maximum atomic E-state index is 2.28. The van der Waals surface area contributed by atoms with Gasteiger partial charge in [-0.25, -0.2) is 0 Å². The van der Waals surface area contributed by atoms with Crippen molar-refractivity contribution in [1.82, 2.24) is 0 Å². The average molecular weight is 178 g/mol. The molecular weight excluding hydrogens is 156 g/mol. The zero-order valence-corrected chi connectivity index (χ0v) is 9.22. The molecule has 0 heterocycles. The van der Waals surface area contributed by atoms with Gasteiger partial charge in [0, 0.05) is 0 Å². The zero-order chi connectivity index (χ0) is 9.94. The lowest BCUT2D eigenvalue weighted by molar-refractivity contribution is 0.950. The molecule has 0 nitrogen and oxygen atoms in total. The van der Waals surface area contributed by atoms with E-state index in [1.807, 2.05) is 0 Å². The van der Waals surface area contributed by atoms with Crippen LogP contribution in [0.25, 0.3) is 0 Å². The first-order valence-corrected chi connectivity index (χ1v) is 5.25. The van der Waals surface area contributed by atoms with Gasteiger partial charge in [0.15, 0.2) is 0 Å². The molecule has 0 spiro atoms. The third-order valence-corrected chi connectivity index (χ3v) is 2.03. The largest absolute Gasteiger partial charge is 0.0913 e. The SMILES string of the molecule is CC=CCC(=CC)CC=CCCC. The molecule has 0 unspecified atom stereocenters. The summed E-state index contributed by atoms with van der Waals surface area (Å²) in [6, 6.07) is 0. The zero-order valence-electron chi connectivity index (χ0n) is 9.22. The first-order valence-electron chi connectivity index (χ1n) is 5.25. The van der Waals surface area contributed by atoms with Crippen LogP contribution in [0.15, 0.2) is 36.0 Å². The normalized spacial score (nSPS) is 13.3. The Morgan fingerprint density at radius 2 is 1.69 bits per heavy atom. The summed E-state index contributed by atoms with van der Waals surface area (Å²) in [5, 5.41) is 0. The lowest BCUT2D eigenvalue weighted by Crippen LogP contribution is -1.78.